The molecule has 0 aliphatic rings. The standard InChI is InChI=1S/C27H29F4N3O4/c1-27(2,38)7-6-15(25(32)36)12-21(35)20(9-14-4-3-5-18(28)8-14)34-26(37)17-10-16-11-19(29)22(30)23(31)24(16)33-13-17/h3-5,8,10-11,13,15,20-21,35,38H,6-7,9,12H2,1-2H3,(H2,32,36)(H,34,37)/t15-,20+,21+/m1/s1. The zero-order valence-electron chi connectivity index (χ0n) is 20.8. The third-order valence-corrected chi connectivity index (χ3v) is 6.23. The SMILES string of the molecule is CC(C)(O)CC[C@H](C[C@H](O)[C@H](Cc1cccc(F)c1)NC(=O)c1cnc2c(F)c(F)c(F)cc2c1)C(N)=O. The van der Waals surface area contributed by atoms with Gasteiger partial charge in [-0.05, 0) is 69.4 Å². The summed E-state index contributed by atoms with van der Waals surface area (Å²) in [5, 5.41) is 23.5. The van der Waals surface area contributed by atoms with Crippen LogP contribution in [0, 0.1) is 29.2 Å². The maximum Gasteiger partial charge on any atom is 0.253 e. The number of nitrogens with two attached hydrogens (primary N) is 1. The Kier molecular flexibility index (Phi) is 9.05. The molecule has 7 nitrogen and oxygen atoms in total. The Labute approximate surface area is 216 Å². The topological polar surface area (TPSA) is 126 Å². The van der Waals surface area contributed by atoms with Gasteiger partial charge >= 0.3 is 0 Å². The van der Waals surface area contributed by atoms with Crippen LogP contribution in [0.2, 0.25) is 0 Å². The van der Waals surface area contributed by atoms with Gasteiger partial charge in [-0.1, -0.05) is 12.1 Å². The number of amides is 2. The first kappa shape index (κ1) is 29.0. The van der Waals surface area contributed by atoms with Gasteiger partial charge in [-0.3, -0.25) is 14.6 Å². The molecule has 0 bridgehead atoms. The molecule has 0 fully saturated rings. The van der Waals surface area contributed by atoms with E-state index in [1.807, 2.05) is 0 Å². The third kappa shape index (κ3) is 7.48. The Morgan fingerprint density at radius 1 is 1.11 bits per heavy atom. The van der Waals surface area contributed by atoms with Crippen molar-refractivity contribution < 1.29 is 37.4 Å². The van der Waals surface area contributed by atoms with Crippen molar-refractivity contribution in [2.45, 2.75) is 57.3 Å². The number of halogens is 4. The lowest BCUT2D eigenvalue weighted by atomic mass is 9.87. The molecule has 0 saturated heterocycles. The molecule has 38 heavy (non-hydrogen) atoms. The number of carbonyl (C=O) groups excluding carboxylic acids is 2. The molecule has 1 heterocycles. The van der Waals surface area contributed by atoms with Crippen LogP contribution in [0.15, 0.2) is 42.6 Å². The fourth-order valence-electron chi connectivity index (χ4n) is 4.12. The molecule has 0 aliphatic heterocycles. The van der Waals surface area contributed by atoms with Crippen LogP contribution in [0.3, 0.4) is 0 Å². The molecule has 2 amide bonds. The van der Waals surface area contributed by atoms with Crippen molar-refractivity contribution >= 4 is 22.7 Å². The monoisotopic (exact) mass is 535 g/mol. The summed E-state index contributed by atoms with van der Waals surface area (Å²) in [6.45, 7) is 3.14. The fourth-order valence-corrected chi connectivity index (χ4v) is 4.12. The van der Waals surface area contributed by atoms with Crippen molar-refractivity contribution in [1.82, 2.24) is 10.3 Å². The van der Waals surface area contributed by atoms with E-state index < -0.39 is 64.3 Å². The van der Waals surface area contributed by atoms with Crippen LogP contribution >= 0.6 is 0 Å². The average Bonchev–Trinajstić information content (AvgIpc) is 2.83. The normalized spacial score (nSPS) is 14.2. The second-order valence-corrected chi connectivity index (χ2v) is 9.95. The first-order valence-corrected chi connectivity index (χ1v) is 11.9. The van der Waals surface area contributed by atoms with Crippen molar-refractivity contribution in [1.29, 1.82) is 0 Å². The van der Waals surface area contributed by atoms with Gasteiger partial charge in [0.1, 0.15) is 11.3 Å². The molecule has 204 valence electrons. The lowest BCUT2D eigenvalue weighted by molar-refractivity contribution is -0.123. The molecular formula is C27H29F4N3O4. The third-order valence-electron chi connectivity index (χ3n) is 6.23. The highest BCUT2D eigenvalue weighted by Crippen LogP contribution is 2.24. The van der Waals surface area contributed by atoms with Crippen molar-refractivity contribution in [3.63, 3.8) is 0 Å². The van der Waals surface area contributed by atoms with Gasteiger partial charge < -0.3 is 21.3 Å². The molecule has 0 saturated carbocycles. The minimum absolute atomic E-state index is 0.0306. The van der Waals surface area contributed by atoms with Gasteiger partial charge in [0.2, 0.25) is 5.91 Å². The average molecular weight is 536 g/mol. The van der Waals surface area contributed by atoms with Crippen molar-refractivity contribution in [3.05, 3.63) is 77.0 Å². The smallest absolute Gasteiger partial charge is 0.253 e. The number of aliphatic hydroxyl groups is 2. The van der Waals surface area contributed by atoms with Crippen LogP contribution in [-0.2, 0) is 11.2 Å². The maximum atomic E-state index is 14.0. The molecule has 2 aromatic carbocycles. The second kappa shape index (κ2) is 11.9. The molecule has 11 heteroatoms. The van der Waals surface area contributed by atoms with Crippen LogP contribution < -0.4 is 11.1 Å². The van der Waals surface area contributed by atoms with Crippen molar-refractivity contribution in [3.8, 4) is 0 Å². The van der Waals surface area contributed by atoms with Gasteiger partial charge in [-0.25, -0.2) is 17.6 Å². The molecule has 0 unspecified atom stereocenters. The summed E-state index contributed by atoms with van der Waals surface area (Å²) in [5.41, 5.74) is 4.28. The number of fused-ring (bicyclic) bond motifs is 1. The van der Waals surface area contributed by atoms with E-state index >= 15 is 0 Å². The summed E-state index contributed by atoms with van der Waals surface area (Å²) in [6, 6.07) is 6.29. The molecule has 5 N–H and O–H groups in total. The largest absolute Gasteiger partial charge is 0.391 e. The number of pyridine rings is 1. The van der Waals surface area contributed by atoms with E-state index in [0.717, 1.165) is 12.3 Å². The lowest BCUT2D eigenvalue weighted by Crippen LogP contribution is -2.46. The summed E-state index contributed by atoms with van der Waals surface area (Å²) in [6.07, 6.45) is -0.129. The molecule has 0 aliphatic carbocycles. The van der Waals surface area contributed by atoms with Gasteiger partial charge in [-0.2, -0.15) is 0 Å². The van der Waals surface area contributed by atoms with Crippen molar-refractivity contribution in [2.24, 2.45) is 11.7 Å². The fraction of sp³-hybridized carbons (Fsp3) is 0.370. The predicted octanol–water partition coefficient (Wildman–Crippen LogP) is 3.54. The minimum atomic E-state index is -1.69. The van der Waals surface area contributed by atoms with Crippen molar-refractivity contribution in [2.75, 3.05) is 0 Å². The van der Waals surface area contributed by atoms with Gasteiger partial charge in [0.25, 0.3) is 5.91 Å². The number of aliphatic hydroxyl groups excluding tert-OH is 1. The zero-order valence-corrected chi connectivity index (χ0v) is 20.8. The van der Waals surface area contributed by atoms with Crippen LogP contribution in [0.4, 0.5) is 17.6 Å². The minimum Gasteiger partial charge on any atom is -0.391 e. The van der Waals surface area contributed by atoms with E-state index in [9.17, 15) is 37.4 Å². The quantitative estimate of drug-likeness (QED) is 0.221. The van der Waals surface area contributed by atoms with Gasteiger partial charge in [0.05, 0.1) is 23.3 Å². The lowest BCUT2D eigenvalue weighted by Gasteiger charge is -2.28. The molecule has 0 spiro atoms. The highest BCUT2D eigenvalue weighted by molar-refractivity contribution is 5.97. The Morgan fingerprint density at radius 3 is 2.45 bits per heavy atom. The summed E-state index contributed by atoms with van der Waals surface area (Å²) in [7, 11) is 0. The first-order chi connectivity index (χ1) is 17.7. The van der Waals surface area contributed by atoms with Gasteiger partial charge in [0, 0.05) is 17.5 Å². The van der Waals surface area contributed by atoms with Gasteiger partial charge in [0.15, 0.2) is 17.5 Å². The summed E-state index contributed by atoms with van der Waals surface area (Å²) in [5.74, 6) is -7.46. The van der Waals surface area contributed by atoms with Gasteiger partial charge in [-0.15, -0.1) is 0 Å². The highest BCUT2D eigenvalue weighted by Gasteiger charge is 2.29. The van der Waals surface area contributed by atoms with E-state index in [1.54, 1.807) is 19.9 Å². The highest BCUT2D eigenvalue weighted by atomic mass is 19.2. The number of aromatic nitrogens is 1. The number of rotatable bonds is 11. The number of hydrogen-bond donors (Lipinski definition) is 4. The number of benzene rings is 2. The van der Waals surface area contributed by atoms with Crippen LogP contribution in [0.25, 0.3) is 10.9 Å². The Bertz CT molecular complexity index is 1330. The van der Waals surface area contributed by atoms with E-state index in [1.165, 1.54) is 18.2 Å². The molecular weight excluding hydrogens is 506 g/mol. The molecule has 3 rings (SSSR count). The number of nitrogens with zero attached hydrogens (tertiary/aromatic N) is 1. The van der Waals surface area contributed by atoms with E-state index in [0.29, 0.717) is 11.6 Å². The summed E-state index contributed by atoms with van der Waals surface area (Å²) >= 11 is 0. The Hall–Kier alpha value is -3.57. The van der Waals surface area contributed by atoms with Crippen LogP contribution in [0.5, 0.6) is 0 Å². The molecule has 0 radical (unpaired) electrons. The predicted molar refractivity (Wildman–Crippen MR) is 132 cm³/mol. The Morgan fingerprint density at radius 2 is 1.82 bits per heavy atom. The number of hydrogen-bond acceptors (Lipinski definition) is 5. The zero-order chi connectivity index (χ0) is 28.2. The maximum absolute atomic E-state index is 14.0. The van der Waals surface area contributed by atoms with E-state index in [4.69, 9.17) is 5.73 Å². The number of primary amides is 1. The summed E-state index contributed by atoms with van der Waals surface area (Å²) in [4.78, 5) is 28.8. The molecule has 1 aromatic heterocycles. The number of nitrogens with one attached hydrogen (secondary N) is 1. The second-order valence-electron chi connectivity index (χ2n) is 9.95. The van der Waals surface area contributed by atoms with E-state index in [2.05, 4.69) is 10.3 Å². The van der Waals surface area contributed by atoms with E-state index in [-0.39, 0.29) is 36.6 Å². The molecule has 3 atom stereocenters. The molecule has 3 aromatic rings. The Balaban J connectivity index is 1.87. The van der Waals surface area contributed by atoms with Crippen LogP contribution in [0.1, 0.15) is 49.0 Å². The summed E-state index contributed by atoms with van der Waals surface area (Å²) < 4.78 is 55.0. The number of carbonyl (C=O) groups is 2. The van der Waals surface area contributed by atoms with Crippen LogP contribution in [-0.4, -0.2) is 44.8 Å². The first-order valence-electron chi connectivity index (χ1n) is 11.9.